The smallest absolute Gasteiger partial charge is 0.154 e. The van der Waals surface area contributed by atoms with Gasteiger partial charge in [-0.1, -0.05) is 0 Å². The van der Waals surface area contributed by atoms with Crippen LogP contribution in [0.4, 0.5) is 0 Å². The Balaban J connectivity index is 2.15. The Morgan fingerprint density at radius 1 is 1.58 bits per heavy atom. The fourth-order valence-electron chi connectivity index (χ4n) is 1.74. The number of nitrogens with zero attached hydrogens (tertiary/aromatic N) is 4. The molecular weight excluding hydrogens is 154 g/mol. The van der Waals surface area contributed by atoms with Crippen molar-refractivity contribution in [3.8, 4) is 0 Å². The second kappa shape index (κ2) is 2.82. The van der Waals surface area contributed by atoms with Gasteiger partial charge in [0.15, 0.2) is 5.82 Å². The van der Waals surface area contributed by atoms with Crippen LogP contribution in [-0.2, 0) is 7.05 Å². The fourth-order valence-corrected chi connectivity index (χ4v) is 1.74. The predicted molar refractivity (Wildman–Crippen MR) is 43.3 cm³/mol. The second-order valence-corrected chi connectivity index (χ2v) is 3.34. The van der Waals surface area contributed by atoms with Crippen molar-refractivity contribution in [2.45, 2.75) is 18.8 Å². The third kappa shape index (κ3) is 1.01. The van der Waals surface area contributed by atoms with E-state index in [9.17, 15) is 0 Å². The maximum absolute atomic E-state index is 5.60. The van der Waals surface area contributed by atoms with Gasteiger partial charge in [-0.05, 0) is 35.7 Å². The van der Waals surface area contributed by atoms with Gasteiger partial charge in [-0.2, -0.15) is 0 Å². The van der Waals surface area contributed by atoms with Crippen LogP contribution in [-0.4, -0.2) is 26.8 Å². The van der Waals surface area contributed by atoms with Gasteiger partial charge in [0.1, 0.15) is 0 Å². The number of aromatic nitrogens is 4. The molecule has 12 heavy (non-hydrogen) atoms. The lowest BCUT2D eigenvalue weighted by Crippen LogP contribution is -2.32. The summed E-state index contributed by atoms with van der Waals surface area (Å²) in [6, 6.07) is 0. The van der Waals surface area contributed by atoms with Crippen LogP contribution in [0.5, 0.6) is 0 Å². The molecule has 1 fully saturated rings. The van der Waals surface area contributed by atoms with Crippen LogP contribution >= 0.6 is 0 Å². The summed E-state index contributed by atoms with van der Waals surface area (Å²) in [7, 11) is 1.88. The molecule has 1 aliphatic carbocycles. The Labute approximate surface area is 70.9 Å². The van der Waals surface area contributed by atoms with E-state index >= 15 is 0 Å². The normalized spacial score (nSPS) is 28.5. The molecule has 2 rings (SSSR count). The van der Waals surface area contributed by atoms with Crippen LogP contribution in [0, 0.1) is 5.92 Å². The number of tetrazole rings is 1. The van der Waals surface area contributed by atoms with Gasteiger partial charge in [0.05, 0.1) is 0 Å². The van der Waals surface area contributed by atoms with Gasteiger partial charge in [-0.15, -0.1) is 5.10 Å². The van der Waals surface area contributed by atoms with Crippen LogP contribution in [0.15, 0.2) is 0 Å². The van der Waals surface area contributed by atoms with Crippen molar-refractivity contribution >= 4 is 0 Å². The quantitative estimate of drug-likeness (QED) is 0.654. The van der Waals surface area contributed by atoms with E-state index in [0.29, 0.717) is 11.8 Å². The van der Waals surface area contributed by atoms with E-state index in [1.54, 1.807) is 4.68 Å². The van der Waals surface area contributed by atoms with Crippen LogP contribution in [0.25, 0.3) is 0 Å². The highest BCUT2D eigenvalue weighted by molar-refractivity contribution is 5.03. The van der Waals surface area contributed by atoms with E-state index in [4.69, 9.17) is 5.73 Å². The number of hydrogen-bond acceptors (Lipinski definition) is 4. The minimum absolute atomic E-state index is 0.495. The zero-order valence-corrected chi connectivity index (χ0v) is 7.14. The molecule has 0 saturated heterocycles. The van der Waals surface area contributed by atoms with Crippen molar-refractivity contribution in [1.29, 1.82) is 0 Å². The van der Waals surface area contributed by atoms with Gasteiger partial charge in [0.2, 0.25) is 0 Å². The molecule has 2 atom stereocenters. The maximum Gasteiger partial charge on any atom is 0.154 e. The standard InChI is InChI=1S/C7H13N5/c1-12-7(9-10-11-12)6-3-2-5(6)4-8/h5-6H,2-4,8H2,1H3. The fraction of sp³-hybridized carbons (Fsp3) is 0.857. The van der Waals surface area contributed by atoms with E-state index in [0.717, 1.165) is 12.4 Å². The molecule has 0 bridgehead atoms. The van der Waals surface area contributed by atoms with Crippen molar-refractivity contribution in [2.75, 3.05) is 6.54 Å². The van der Waals surface area contributed by atoms with Gasteiger partial charge >= 0.3 is 0 Å². The van der Waals surface area contributed by atoms with Gasteiger partial charge in [0.25, 0.3) is 0 Å². The summed E-state index contributed by atoms with van der Waals surface area (Å²) in [5.41, 5.74) is 5.60. The topological polar surface area (TPSA) is 69.6 Å². The SMILES string of the molecule is Cn1nnnc1C1CCC1CN. The summed E-state index contributed by atoms with van der Waals surface area (Å²) in [4.78, 5) is 0. The third-order valence-corrected chi connectivity index (χ3v) is 2.70. The first-order valence-electron chi connectivity index (χ1n) is 4.25. The summed E-state index contributed by atoms with van der Waals surface area (Å²) in [6.45, 7) is 0.748. The second-order valence-electron chi connectivity index (χ2n) is 3.34. The Hall–Kier alpha value is -0.970. The van der Waals surface area contributed by atoms with Gasteiger partial charge in [-0.3, -0.25) is 0 Å². The molecule has 5 nitrogen and oxygen atoms in total. The van der Waals surface area contributed by atoms with Crippen LogP contribution in [0.1, 0.15) is 24.6 Å². The summed E-state index contributed by atoms with van der Waals surface area (Å²) in [5, 5.41) is 11.4. The highest BCUT2D eigenvalue weighted by atomic mass is 15.5. The first kappa shape index (κ1) is 7.67. The molecule has 2 unspecified atom stereocenters. The molecular formula is C7H13N5. The van der Waals surface area contributed by atoms with E-state index in [2.05, 4.69) is 15.5 Å². The van der Waals surface area contributed by atoms with Crippen molar-refractivity contribution < 1.29 is 0 Å². The first-order valence-corrected chi connectivity index (χ1v) is 4.25. The monoisotopic (exact) mass is 167 g/mol. The average Bonchev–Trinajstić information content (AvgIpc) is 2.36. The molecule has 0 aromatic carbocycles. The van der Waals surface area contributed by atoms with Crippen LogP contribution < -0.4 is 5.73 Å². The molecule has 1 aliphatic rings. The number of nitrogens with two attached hydrogens (primary N) is 1. The van der Waals surface area contributed by atoms with E-state index in [-0.39, 0.29) is 0 Å². The number of aryl methyl sites for hydroxylation is 1. The Morgan fingerprint density at radius 3 is 2.83 bits per heavy atom. The summed E-state index contributed by atoms with van der Waals surface area (Å²) < 4.78 is 1.74. The molecule has 0 aliphatic heterocycles. The summed E-state index contributed by atoms with van der Waals surface area (Å²) >= 11 is 0. The molecule has 1 saturated carbocycles. The van der Waals surface area contributed by atoms with Gasteiger partial charge in [-0.25, -0.2) is 4.68 Å². The van der Waals surface area contributed by atoms with Crippen LogP contribution in [0.2, 0.25) is 0 Å². The van der Waals surface area contributed by atoms with E-state index in [1.807, 2.05) is 7.05 Å². The molecule has 5 heteroatoms. The zero-order chi connectivity index (χ0) is 8.55. The first-order chi connectivity index (χ1) is 5.83. The van der Waals surface area contributed by atoms with Crippen molar-refractivity contribution in [3.63, 3.8) is 0 Å². The molecule has 1 aromatic heterocycles. The summed E-state index contributed by atoms with van der Waals surface area (Å²) in [5.74, 6) is 2.07. The Bertz CT molecular complexity index is 267. The third-order valence-electron chi connectivity index (χ3n) is 2.70. The zero-order valence-electron chi connectivity index (χ0n) is 7.14. The molecule has 0 amide bonds. The molecule has 1 heterocycles. The maximum atomic E-state index is 5.60. The van der Waals surface area contributed by atoms with E-state index in [1.165, 1.54) is 12.8 Å². The predicted octanol–water partition coefficient (Wildman–Crippen LogP) is -0.338. The highest BCUT2D eigenvalue weighted by Crippen LogP contribution is 2.40. The molecule has 0 radical (unpaired) electrons. The summed E-state index contributed by atoms with van der Waals surface area (Å²) in [6.07, 6.45) is 2.39. The molecule has 1 aromatic rings. The lowest BCUT2D eigenvalue weighted by Gasteiger charge is -2.34. The van der Waals surface area contributed by atoms with Crippen molar-refractivity contribution in [2.24, 2.45) is 18.7 Å². The van der Waals surface area contributed by atoms with Crippen molar-refractivity contribution in [1.82, 2.24) is 20.2 Å². The average molecular weight is 167 g/mol. The lowest BCUT2D eigenvalue weighted by molar-refractivity contribution is 0.247. The van der Waals surface area contributed by atoms with Crippen LogP contribution in [0.3, 0.4) is 0 Å². The molecule has 2 N–H and O–H groups in total. The van der Waals surface area contributed by atoms with Gasteiger partial charge in [0, 0.05) is 13.0 Å². The number of rotatable bonds is 2. The lowest BCUT2D eigenvalue weighted by atomic mass is 9.73. The molecule has 66 valence electrons. The minimum Gasteiger partial charge on any atom is -0.330 e. The molecule has 0 spiro atoms. The highest BCUT2D eigenvalue weighted by Gasteiger charge is 2.34. The Morgan fingerprint density at radius 2 is 2.42 bits per heavy atom. The van der Waals surface area contributed by atoms with Gasteiger partial charge < -0.3 is 5.73 Å². The van der Waals surface area contributed by atoms with E-state index < -0.39 is 0 Å². The largest absolute Gasteiger partial charge is 0.330 e. The van der Waals surface area contributed by atoms with Crippen molar-refractivity contribution in [3.05, 3.63) is 5.82 Å². The Kier molecular flexibility index (Phi) is 1.80. The number of hydrogen-bond donors (Lipinski definition) is 1. The minimum atomic E-state index is 0.495.